The molecular formula is C17H22O. The van der Waals surface area contributed by atoms with Gasteiger partial charge in [0.15, 0.2) is 0 Å². The van der Waals surface area contributed by atoms with Gasteiger partial charge >= 0.3 is 0 Å². The molecule has 18 heavy (non-hydrogen) atoms. The second kappa shape index (κ2) is 8.53. The molecule has 1 unspecified atom stereocenters. The van der Waals surface area contributed by atoms with Gasteiger partial charge in [-0.15, -0.1) is 11.8 Å². The summed E-state index contributed by atoms with van der Waals surface area (Å²) in [6.45, 7) is 3.83. The predicted molar refractivity (Wildman–Crippen MR) is 76.2 cm³/mol. The number of carbonyl (C=O) groups is 1. The molecule has 1 aromatic carbocycles. The van der Waals surface area contributed by atoms with Crippen molar-refractivity contribution in [2.45, 2.75) is 46.0 Å². The lowest BCUT2D eigenvalue weighted by Crippen LogP contribution is -2.13. The summed E-state index contributed by atoms with van der Waals surface area (Å²) < 4.78 is 0. The molecule has 1 nitrogen and oxygen atoms in total. The van der Waals surface area contributed by atoms with Gasteiger partial charge in [-0.25, -0.2) is 0 Å². The molecular weight excluding hydrogens is 220 g/mol. The zero-order valence-electron chi connectivity index (χ0n) is 11.4. The van der Waals surface area contributed by atoms with Crippen LogP contribution in [-0.2, 0) is 11.2 Å². The van der Waals surface area contributed by atoms with E-state index in [0.717, 1.165) is 19.3 Å². The Morgan fingerprint density at radius 1 is 1.22 bits per heavy atom. The van der Waals surface area contributed by atoms with E-state index >= 15 is 0 Å². The molecule has 0 aliphatic rings. The molecule has 0 bridgehead atoms. The molecule has 0 heterocycles. The van der Waals surface area contributed by atoms with Gasteiger partial charge in [0.05, 0.1) is 0 Å². The van der Waals surface area contributed by atoms with Crippen LogP contribution in [0.25, 0.3) is 0 Å². The number of carbonyl (C=O) groups excluding carboxylic acids is 1. The van der Waals surface area contributed by atoms with Gasteiger partial charge in [0.1, 0.15) is 5.78 Å². The highest BCUT2D eigenvalue weighted by molar-refractivity contribution is 5.78. The first-order valence-electron chi connectivity index (χ1n) is 6.74. The minimum absolute atomic E-state index is 0.0431. The SMILES string of the molecule is CCCCC#CCC(Cc1ccccc1)C(C)=O. The van der Waals surface area contributed by atoms with Crippen LogP contribution in [-0.4, -0.2) is 5.78 Å². The van der Waals surface area contributed by atoms with Crippen LogP contribution < -0.4 is 0 Å². The van der Waals surface area contributed by atoms with Crippen LogP contribution in [0.5, 0.6) is 0 Å². The maximum atomic E-state index is 11.6. The van der Waals surface area contributed by atoms with Crippen molar-refractivity contribution in [1.82, 2.24) is 0 Å². The van der Waals surface area contributed by atoms with Gasteiger partial charge in [-0.2, -0.15) is 0 Å². The Bertz CT molecular complexity index is 408. The lowest BCUT2D eigenvalue weighted by Gasteiger charge is -2.10. The summed E-state index contributed by atoms with van der Waals surface area (Å²) in [6.07, 6.45) is 4.77. The highest BCUT2D eigenvalue weighted by Crippen LogP contribution is 2.13. The van der Waals surface area contributed by atoms with Crippen molar-refractivity contribution in [2.24, 2.45) is 5.92 Å². The number of ketones is 1. The van der Waals surface area contributed by atoms with E-state index in [9.17, 15) is 4.79 Å². The van der Waals surface area contributed by atoms with E-state index in [2.05, 4.69) is 30.9 Å². The van der Waals surface area contributed by atoms with Crippen LogP contribution >= 0.6 is 0 Å². The van der Waals surface area contributed by atoms with Gasteiger partial charge in [0.25, 0.3) is 0 Å². The largest absolute Gasteiger partial charge is 0.300 e. The number of rotatable bonds is 6. The van der Waals surface area contributed by atoms with E-state index in [1.54, 1.807) is 6.92 Å². The van der Waals surface area contributed by atoms with Crippen molar-refractivity contribution in [1.29, 1.82) is 0 Å². The Morgan fingerprint density at radius 2 is 1.94 bits per heavy atom. The summed E-state index contributed by atoms with van der Waals surface area (Å²) in [5.74, 6) is 6.59. The van der Waals surface area contributed by atoms with Crippen LogP contribution in [0.1, 0.15) is 45.1 Å². The third-order valence-electron chi connectivity index (χ3n) is 3.03. The second-order valence-electron chi connectivity index (χ2n) is 4.66. The summed E-state index contributed by atoms with van der Waals surface area (Å²) in [5, 5.41) is 0. The second-order valence-corrected chi connectivity index (χ2v) is 4.66. The van der Waals surface area contributed by atoms with E-state index in [1.807, 2.05) is 18.2 Å². The smallest absolute Gasteiger partial charge is 0.134 e. The monoisotopic (exact) mass is 242 g/mol. The van der Waals surface area contributed by atoms with Crippen molar-refractivity contribution < 1.29 is 4.79 Å². The summed E-state index contributed by atoms with van der Waals surface area (Å²) in [4.78, 5) is 11.6. The standard InChI is InChI=1S/C17H22O/c1-3-4-5-6-10-13-17(15(2)18)14-16-11-8-7-9-12-16/h7-9,11-12,17H,3-5,13-14H2,1-2H3. The summed E-state index contributed by atoms with van der Waals surface area (Å²) >= 11 is 0. The fourth-order valence-electron chi connectivity index (χ4n) is 1.81. The fourth-order valence-corrected chi connectivity index (χ4v) is 1.81. The lowest BCUT2D eigenvalue weighted by atomic mass is 9.93. The fraction of sp³-hybridized carbons (Fsp3) is 0.471. The van der Waals surface area contributed by atoms with Gasteiger partial charge < -0.3 is 0 Å². The minimum atomic E-state index is 0.0431. The molecule has 0 aliphatic carbocycles. The van der Waals surface area contributed by atoms with Crippen molar-refractivity contribution in [3.05, 3.63) is 35.9 Å². The van der Waals surface area contributed by atoms with Gasteiger partial charge in [-0.3, -0.25) is 4.79 Å². The third-order valence-corrected chi connectivity index (χ3v) is 3.03. The van der Waals surface area contributed by atoms with E-state index < -0.39 is 0 Å². The van der Waals surface area contributed by atoms with E-state index in [0.29, 0.717) is 6.42 Å². The van der Waals surface area contributed by atoms with Crippen LogP contribution in [0.4, 0.5) is 0 Å². The van der Waals surface area contributed by atoms with Crippen LogP contribution in [0.3, 0.4) is 0 Å². The first kappa shape index (κ1) is 14.5. The van der Waals surface area contributed by atoms with Crippen LogP contribution in [0.15, 0.2) is 30.3 Å². The van der Waals surface area contributed by atoms with Crippen molar-refractivity contribution in [3.8, 4) is 11.8 Å². The van der Waals surface area contributed by atoms with Gasteiger partial charge in [-0.05, 0) is 25.3 Å². The maximum Gasteiger partial charge on any atom is 0.134 e. The summed E-state index contributed by atoms with van der Waals surface area (Å²) in [7, 11) is 0. The van der Waals surface area contributed by atoms with Crippen molar-refractivity contribution in [3.63, 3.8) is 0 Å². The van der Waals surface area contributed by atoms with Gasteiger partial charge in [-0.1, -0.05) is 43.7 Å². The van der Waals surface area contributed by atoms with Crippen molar-refractivity contribution in [2.75, 3.05) is 0 Å². The quantitative estimate of drug-likeness (QED) is 0.544. The predicted octanol–water partition coefficient (Wildman–Crippen LogP) is 4.02. The molecule has 96 valence electrons. The molecule has 0 aliphatic heterocycles. The molecule has 0 saturated heterocycles. The number of unbranched alkanes of at least 4 members (excludes halogenated alkanes) is 2. The Hall–Kier alpha value is -1.55. The molecule has 1 atom stereocenters. The van der Waals surface area contributed by atoms with E-state index in [1.165, 1.54) is 12.0 Å². The van der Waals surface area contributed by atoms with Gasteiger partial charge in [0, 0.05) is 18.8 Å². The molecule has 0 N–H and O–H groups in total. The zero-order chi connectivity index (χ0) is 13.2. The molecule has 0 aromatic heterocycles. The lowest BCUT2D eigenvalue weighted by molar-refractivity contribution is -0.120. The summed E-state index contributed by atoms with van der Waals surface area (Å²) in [5.41, 5.74) is 1.22. The van der Waals surface area contributed by atoms with Crippen LogP contribution in [0, 0.1) is 17.8 Å². The average molecular weight is 242 g/mol. The van der Waals surface area contributed by atoms with E-state index in [4.69, 9.17) is 0 Å². The highest BCUT2D eigenvalue weighted by Gasteiger charge is 2.13. The molecule has 0 fully saturated rings. The zero-order valence-corrected chi connectivity index (χ0v) is 11.4. The van der Waals surface area contributed by atoms with Gasteiger partial charge in [0.2, 0.25) is 0 Å². The molecule has 0 saturated carbocycles. The molecule has 0 amide bonds. The Kier molecular flexibility index (Phi) is 6.87. The normalized spacial score (nSPS) is 11.4. The van der Waals surface area contributed by atoms with Crippen LogP contribution in [0.2, 0.25) is 0 Å². The van der Waals surface area contributed by atoms with Crippen molar-refractivity contribution >= 4 is 5.78 Å². The molecule has 1 rings (SSSR count). The number of hydrogen-bond acceptors (Lipinski definition) is 1. The maximum absolute atomic E-state index is 11.6. The number of Topliss-reactive ketones (excluding diaryl/α,β-unsaturated/α-hetero) is 1. The first-order valence-corrected chi connectivity index (χ1v) is 6.74. The number of hydrogen-bond donors (Lipinski definition) is 0. The summed E-state index contributed by atoms with van der Waals surface area (Å²) in [6, 6.07) is 10.2. The highest BCUT2D eigenvalue weighted by atomic mass is 16.1. The minimum Gasteiger partial charge on any atom is -0.300 e. The molecule has 0 radical (unpaired) electrons. The first-order chi connectivity index (χ1) is 8.74. The Balaban J connectivity index is 2.50. The third kappa shape index (κ3) is 5.68. The Labute approximate surface area is 111 Å². The molecule has 0 spiro atoms. The molecule has 1 aromatic rings. The average Bonchev–Trinajstić information content (AvgIpc) is 2.38. The topological polar surface area (TPSA) is 17.1 Å². The Morgan fingerprint density at radius 3 is 2.56 bits per heavy atom. The van der Waals surface area contributed by atoms with E-state index in [-0.39, 0.29) is 11.7 Å². The number of benzene rings is 1. The molecule has 1 heteroatoms.